The molecule has 33 heavy (non-hydrogen) atoms. The van der Waals surface area contributed by atoms with Crippen LogP contribution in [0.3, 0.4) is 0 Å². The van der Waals surface area contributed by atoms with Gasteiger partial charge in [0.2, 0.25) is 11.8 Å². The standard InChI is InChI=1S/C21H28F4N2O4.C2H6/c1-13(14(2)31-16-9-7-6-8-15(16)10-11-28)27-18(30)19(3,4)17(29)26-12-21(24,25)20(5,22)23;1-2/h6-9,11,13-14H,10,12H2,1-5H3,(H,26,29)(H,27,30);1-2H3/t13-,14-;/m1./s1. The van der Waals surface area contributed by atoms with Crippen LogP contribution >= 0.6 is 0 Å². The van der Waals surface area contributed by atoms with Crippen LogP contribution in [0, 0.1) is 5.41 Å². The second-order valence-corrected chi connectivity index (χ2v) is 7.96. The molecule has 6 nitrogen and oxygen atoms in total. The van der Waals surface area contributed by atoms with Gasteiger partial charge in [-0.3, -0.25) is 9.59 Å². The first-order chi connectivity index (χ1) is 15.1. The molecule has 0 spiro atoms. The van der Waals surface area contributed by atoms with Gasteiger partial charge >= 0.3 is 11.8 Å². The highest BCUT2D eigenvalue weighted by atomic mass is 19.3. The number of hydrogen-bond acceptors (Lipinski definition) is 4. The Kier molecular flexibility index (Phi) is 11.5. The Morgan fingerprint density at radius 1 is 1.03 bits per heavy atom. The first kappa shape index (κ1) is 30.4. The maximum atomic E-state index is 13.4. The van der Waals surface area contributed by atoms with E-state index >= 15 is 0 Å². The molecule has 0 saturated heterocycles. The number of halogens is 4. The van der Waals surface area contributed by atoms with Crippen LogP contribution in [-0.2, 0) is 20.8 Å². The summed E-state index contributed by atoms with van der Waals surface area (Å²) < 4.78 is 58.4. The summed E-state index contributed by atoms with van der Waals surface area (Å²) in [5.74, 6) is -10.2. The van der Waals surface area contributed by atoms with Crippen molar-refractivity contribution in [2.45, 2.75) is 78.9 Å². The van der Waals surface area contributed by atoms with Gasteiger partial charge in [-0.1, -0.05) is 32.0 Å². The molecule has 0 unspecified atom stereocenters. The number of amides is 2. The zero-order valence-corrected chi connectivity index (χ0v) is 20.1. The van der Waals surface area contributed by atoms with Crippen LogP contribution in [0.15, 0.2) is 24.3 Å². The molecule has 0 saturated carbocycles. The molecule has 2 amide bonds. The van der Waals surface area contributed by atoms with Crippen molar-refractivity contribution in [2.24, 2.45) is 5.41 Å². The molecule has 2 N–H and O–H groups in total. The van der Waals surface area contributed by atoms with Crippen molar-refractivity contribution in [3.05, 3.63) is 29.8 Å². The van der Waals surface area contributed by atoms with Crippen molar-refractivity contribution in [1.82, 2.24) is 10.6 Å². The van der Waals surface area contributed by atoms with Crippen LogP contribution in [0.25, 0.3) is 0 Å². The molecule has 1 aromatic carbocycles. The quantitative estimate of drug-likeness (QED) is 0.284. The molecule has 0 radical (unpaired) electrons. The lowest BCUT2D eigenvalue weighted by Gasteiger charge is -2.29. The van der Waals surface area contributed by atoms with Gasteiger partial charge in [0.25, 0.3) is 0 Å². The Morgan fingerprint density at radius 3 is 2.09 bits per heavy atom. The maximum absolute atomic E-state index is 13.4. The summed E-state index contributed by atoms with van der Waals surface area (Å²) in [4.78, 5) is 35.6. The molecule has 0 aliphatic heterocycles. The Bertz CT molecular complexity index is 795. The average Bonchev–Trinajstić information content (AvgIpc) is 2.74. The van der Waals surface area contributed by atoms with Gasteiger partial charge in [-0.2, -0.15) is 8.78 Å². The Labute approximate surface area is 192 Å². The number of carbonyl (C=O) groups excluding carboxylic acids is 3. The predicted octanol–water partition coefficient (Wildman–Crippen LogP) is 4.16. The third-order valence-electron chi connectivity index (χ3n) is 4.90. The number of ether oxygens (including phenoxy) is 1. The summed E-state index contributed by atoms with van der Waals surface area (Å²) in [5, 5.41) is 4.29. The fraction of sp³-hybridized carbons (Fsp3) is 0.609. The van der Waals surface area contributed by atoms with E-state index in [1.807, 2.05) is 13.8 Å². The third kappa shape index (κ3) is 8.66. The van der Waals surface area contributed by atoms with Crippen LogP contribution < -0.4 is 15.4 Å². The molecule has 0 aliphatic rings. The summed E-state index contributed by atoms with van der Waals surface area (Å²) in [6.45, 7) is 8.11. The molecule has 0 fully saturated rings. The largest absolute Gasteiger partial charge is 0.488 e. The van der Waals surface area contributed by atoms with E-state index in [1.54, 1.807) is 43.4 Å². The lowest BCUT2D eigenvalue weighted by molar-refractivity contribution is -0.195. The second kappa shape index (κ2) is 12.6. The summed E-state index contributed by atoms with van der Waals surface area (Å²) in [5.41, 5.74) is -1.14. The van der Waals surface area contributed by atoms with E-state index in [4.69, 9.17) is 4.74 Å². The zero-order valence-electron chi connectivity index (χ0n) is 20.1. The molecule has 0 aliphatic carbocycles. The minimum absolute atomic E-state index is 0.0489. The molecule has 0 bridgehead atoms. The van der Waals surface area contributed by atoms with Gasteiger partial charge in [-0.15, -0.1) is 0 Å². The van der Waals surface area contributed by atoms with Gasteiger partial charge in [-0.05, 0) is 33.8 Å². The molecule has 0 heterocycles. The molecular formula is C23H34F4N2O4. The smallest absolute Gasteiger partial charge is 0.326 e. The van der Waals surface area contributed by atoms with Crippen LogP contribution in [0.2, 0.25) is 0 Å². The third-order valence-corrected chi connectivity index (χ3v) is 4.90. The fourth-order valence-electron chi connectivity index (χ4n) is 2.35. The number of para-hydroxylation sites is 1. The van der Waals surface area contributed by atoms with Gasteiger partial charge in [0.1, 0.15) is 23.6 Å². The Morgan fingerprint density at radius 2 is 1.58 bits per heavy atom. The summed E-state index contributed by atoms with van der Waals surface area (Å²) in [7, 11) is 0. The summed E-state index contributed by atoms with van der Waals surface area (Å²) >= 11 is 0. The van der Waals surface area contributed by atoms with Crippen molar-refractivity contribution >= 4 is 18.1 Å². The molecular weight excluding hydrogens is 444 g/mol. The summed E-state index contributed by atoms with van der Waals surface area (Å²) in [6, 6.07) is 6.27. The van der Waals surface area contributed by atoms with E-state index in [2.05, 4.69) is 5.32 Å². The highest BCUT2D eigenvalue weighted by Crippen LogP contribution is 2.33. The van der Waals surface area contributed by atoms with Crippen LogP contribution in [0.5, 0.6) is 5.75 Å². The zero-order chi connectivity index (χ0) is 26.0. The Hall–Kier alpha value is -2.65. The topological polar surface area (TPSA) is 84.5 Å². The van der Waals surface area contributed by atoms with E-state index in [9.17, 15) is 31.9 Å². The molecule has 1 rings (SSSR count). The van der Waals surface area contributed by atoms with E-state index in [1.165, 1.54) is 13.8 Å². The number of hydrogen-bond donors (Lipinski definition) is 2. The second-order valence-electron chi connectivity index (χ2n) is 7.96. The first-order valence-corrected chi connectivity index (χ1v) is 10.7. The molecule has 10 heteroatoms. The van der Waals surface area contributed by atoms with Crippen molar-refractivity contribution in [2.75, 3.05) is 6.54 Å². The van der Waals surface area contributed by atoms with Crippen molar-refractivity contribution in [3.63, 3.8) is 0 Å². The number of carbonyl (C=O) groups is 3. The summed E-state index contributed by atoms with van der Waals surface area (Å²) in [6.07, 6.45) is 0.314. The average molecular weight is 479 g/mol. The minimum Gasteiger partial charge on any atom is -0.488 e. The number of rotatable bonds is 11. The highest BCUT2D eigenvalue weighted by molar-refractivity contribution is 6.04. The number of benzene rings is 1. The lowest BCUT2D eigenvalue weighted by atomic mass is 9.90. The van der Waals surface area contributed by atoms with E-state index in [0.29, 0.717) is 11.3 Å². The number of alkyl halides is 4. The van der Waals surface area contributed by atoms with Gasteiger partial charge in [-0.25, -0.2) is 8.78 Å². The number of aldehydes is 1. The minimum atomic E-state index is -4.46. The monoisotopic (exact) mass is 478 g/mol. The normalized spacial score (nSPS) is 13.7. The molecule has 188 valence electrons. The Balaban J connectivity index is 0.00000497. The first-order valence-electron chi connectivity index (χ1n) is 10.7. The fourth-order valence-corrected chi connectivity index (χ4v) is 2.35. The van der Waals surface area contributed by atoms with Gasteiger partial charge in [0.15, 0.2) is 0 Å². The lowest BCUT2D eigenvalue weighted by Crippen LogP contribution is -2.55. The van der Waals surface area contributed by atoms with Crippen molar-refractivity contribution in [3.8, 4) is 5.75 Å². The van der Waals surface area contributed by atoms with Crippen LogP contribution in [0.4, 0.5) is 17.6 Å². The highest BCUT2D eigenvalue weighted by Gasteiger charge is 2.52. The van der Waals surface area contributed by atoms with Crippen molar-refractivity contribution < 1.29 is 36.7 Å². The van der Waals surface area contributed by atoms with Crippen molar-refractivity contribution in [1.29, 1.82) is 0 Å². The van der Waals surface area contributed by atoms with Gasteiger partial charge in [0, 0.05) is 18.9 Å². The van der Waals surface area contributed by atoms with E-state index < -0.39 is 47.8 Å². The molecule has 0 aromatic heterocycles. The SMILES string of the molecule is CC.C[C@@H](NC(=O)C(C)(C)C(=O)NCC(F)(F)C(C)(F)F)[C@@H](C)Oc1ccccc1CC=O. The molecule has 2 atom stereocenters. The van der Waals surface area contributed by atoms with Gasteiger partial charge < -0.3 is 20.2 Å². The van der Waals surface area contributed by atoms with Gasteiger partial charge in [0.05, 0.1) is 12.6 Å². The van der Waals surface area contributed by atoms with E-state index in [0.717, 1.165) is 6.29 Å². The molecule has 1 aromatic rings. The predicted molar refractivity (Wildman–Crippen MR) is 118 cm³/mol. The number of nitrogens with one attached hydrogen (secondary N) is 2. The van der Waals surface area contributed by atoms with Crippen LogP contribution in [-0.4, -0.2) is 48.6 Å². The van der Waals surface area contributed by atoms with Crippen LogP contribution in [0.1, 0.15) is 54.0 Å². The van der Waals surface area contributed by atoms with E-state index in [-0.39, 0.29) is 13.3 Å². The maximum Gasteiger partial charge on any atom is 0.326 e.